The lowest BCUT2D eigenvalue weighted by atomic mass is 9.95. The molecule has 0 radical (unpaired) electrons. The van der Waals surface area contributed by atoms with Gasteiger partial charge < -0.3 is 19.1 Å². The smallest absolute Gasteiger partial charge is 0.301 e. The Bertz CT molecular complexity index is 1260. The normalized spacial score (nSPS) is 17.3. The van der Waals surface area contributed by atoms with E-state index in [9.17, 15) is 14.7 Å². The maximum atomic E-state index is 13.2. The van der Waals surface area contributed by atoms with Crippen molar-refractivity contribution >= 4 is 23.3 Å². The van der Waals surface area contributed by atoms with Crippen LogP contribution in [0, 0.1) is 6.92 Å². The summed E-state index contributed by atoms with van der Waals surface area (Å²) in [5.74, 6) is -0.318. The number of hydrogen-bond donors (Lipinski definition) is 1. The van der Waals surface area contributed by atoms with Crippen molar-refractivity contribution in [2.75, 3.05) is 18.6 Å². The number of aliphatic hydroxyl groups excluding tert-OH is 1. The minimum absolute atomic E-state index is 0.0743. The predicted octanol–water partition coefficient (Wildman–Crippen LogP) is 4.18. The zero-order valence-electron chi connectivity index (χ0n) is 18.1. The summed E-state index contributed by atoms with van der Waals surface area (Å²) < 4.78 is 16.0. The van der Waals surface area contributed by atoms with Crippen LogP contribution in [-0.2, 0) is 9.59 Å². The third-order valence-corrected chi connectivity index (χ3v) is 5.19. The Kier molecular flexibility index (Phi) is 5.99. The molecule has 0 aliphatic carbocycles. The SMILES string of the molecule is C=CCOc1cccc([C@@H]2C(=C(O)c3cccc(OC)c3)C(=O)C(=O)N2c2cc(C)on2)c1. The Balaban J connectivity index is 1.91. The van der Waals surface area contributed by atoms with Gasteiger partial charge in [0.2, 0.25) is 0 Å². The van der Waals surface area contributed by atoms with Gasteiger partial charge in [-0.3, -0.25) is 14.5 Å². The molecule has 2 aromatic carbocycles. The molecule has 0 bridgehead atoms. The standard InChI is InChI=1S/C25H22N2O6/c1-4-11-32-19-10-5-7-16(13-19)22-21(23(28)17-8-6-9-18(14-17)31-3)24(29)25(30)27(22)20-12-15(2)33-26-20/h4-10,12-14,22,28H,1,11H2,2-3H3/t22-/m1/s1. The molecule has 1 aromatic heterocycles. The van der Waals surface area contributed by atoms with Crippen LogP contribution in [0.4, 0.5) is 5.82 Å². The number of anilines is 1. The Labute approximate surface area is 190 Å². The second kappa shape index (κ2) is 9.04. The Morgan fingerprint density at radius 2 is 1.94 bits per heavy atom. The number of ketones is 1. The highest BCUT2D eigenvalue weighted by Crippen LogP contribution is 2.42. The van der Waals surface area contributed by atoms with Gasteiger partial charge in [-0.1, -0.05) is 42.1 Å². The summed E-state index contributed by atoms with van der Waals surface area (Å²) >= 11 is 0. The number of ether oxygens (including phenoxy) is 2. The lowest BCUT2D eigenvalue weighted by Gasteiger charge is -2.23. The highest BCUT2D eigenvalue weighted by atomic mass is 16.5. The van der Waals surface area contributed by atoms with Crippen molar-refractivity contribution in [3.8, 4) is 11.5 Å². The first-order chi connectivity index (χ1) is 15.9. The van der Waals surface area contributed by atoms with Crippen LogP contribution in [0.1, 0.15) is 22.9 Å². The number of hydrogen-bond acceptors (Lipinski definition) is 7. The third kappa shape index (κ3) is 4.10. The molecule has 168 valence electrons. The van der Waals surface area contributed by atoms with Crippen LogP contribution < -0.4 is 14.4 Å². The van der Waals surface area contributed by atoms with Crippen LogP contribution in [0.3, 0.4) is 0 Å². The average molecular weight is 446 g/mol. The number of carbonyl (C=O) groups is 2. The molecular formula is C25H22N2O6. The first-order valence-electron chi connectivity index (χ1n) is 10.2. The molecule has 33 heavy (non-hydrogen) atoms. The molecule has 1 saturated heterocycles. The number of aryl methyl sites for hydroxylation is 1. The summed E-state index contributed by atoms with van der Waals surface area (Å²) in [6.07, 6.45) is 1.61. The fourth-order valence-electron chi connectivity index (χ4n) is 3.71. The van der Waals surface area contributed by atoms with E-state index in [1.165, 1.54) is 12.0 Å². The molecule has 3 aromatic rings. The van der Waals surface area contributed by atoms with E-state index in [-0.39, 0.29) is 23.8 Å². The molecule has 2 heterocycles. The van der Waals surface area contributed by atoms with Gasteiger partial charge in [-0.2, -0.15) is 0 Å². The van der Waals surface area contributed by atoms with Crippen LogP contribution in [0.2, 0.25) is 0 Å². The minimum atomic E-state index is -0.951. The van der Waals surface area contributed by atoms with Crippen LogP contribution in [0.25, 0.3) is 5.76 Å². The van der Waals surface area contributed by atoms with Gasteiger partial charge >= 0.3 is 5.91 Å². The number of amides is 1. The zero-order chi connectivity index (χ0) is 23.5. The molecule has 1 N–H and O–H groups in total. The molecule has 8 heteroatoms. The molecular weight excluding hydrogens is 424 g/mol. The molecule has 1 fully saturated rings. The van der Waals surface area contributed by atoms with E-state index < -0.39 is 17.7 Å². The lowest BCUT2D eigenvalue weighted by molar-refractivity contribution is -0.132. The van der Waals surface area contributed by atoms with Gasteiger partial charge in [0.15, 0.2) is 5.82 Å². The van der Waals surface area contributed by atoms with Gasteiger partial charge in [0.05, 0.1) is 18.7 Å². The van der Waals surface area contributed by atoms with E-state index in [2.05, 4.69) is 11.7 Å². The van der Waals surface area contributed by atoms with Crippen molar-refractivity contribution in [3.05, 3.63) is 89.7 Å². The summed E-state index contributed by atoms with van der Waals surface area (Å²) in [7, 11) is 1.50. The maximum absolute atomic E-state index is 13.2. The summed E-state index contributed by atoms with van der Waals surface area (Å²) in [5, 5.41) is 15.1. The third-order valence-electron chi connectivity index (χ3n) is 5.19. The summed E-state index contributed by atoms with van der Waals surface area (Å²) in [4.78, 5) is 27.5. The summed E-state index contributed by atoms with van der Waals surface area (Å²) in [6, 6.07) is 14.2. The van der Waals surface area contributed by atoms with Crippen LogP contribution in [0.5, 0.6) is 11.5 Å². The van der Waals surface area contributed by atoms with E-state index in [4.69, 9.17) is 14.0 Å². The zero-order valence-corrected chi connectivity index (χ0v) is 18.1. The molecule has 0 spiro atoms. The molecule has 1 atom stereocenters. The largest absolute Gasteiger partial charge is 0.507 e. The lowest BCUT2D eigenvalue weighted by Crippen LogP contribution is -2.29. The summed E-state index contributed by atoms with van der Waals surface area (Å²) in [6.45, 7) is 5.61. The van der Waals surface area contributed by atoms with Gasteiger partial charge in [-0.15, -0.1) is 0 Å². The molecule has 1 amide bonds. The number of aliphatic hydroxyl groups is 1. The van der Waals surface area contributed by atoms with Gasteiger partial charge in [0.25, 0.3) is 5.78 Å². The van der Waals surface area contributed by atoms with E-state index >= 15 is 0 Å². The topological polar surface area (TPSA) is 102 Å². The van der Waals surface area contributed by atoms with Crippen molar-refractivity contribution in [3.63, 3.8) is 0 Å². The minimum Gasteiger partial charge on any atom is -0.507 e. The van der Waals surface area contributed by atoms with E-state index in [0.717, 1.165) is 0 Å². The van der Waals surface area contributed by atoms with Crippen molar-refractivity contribution < 1.29 is 28.7 Å². The number of benzene rings is 2. The first kappa shape index (κ1) is 21.9. The van der Waals surface area contributed by atoms with Crippen LogP contribution in [0.15, 0.2) is 77.3 Å². The van der Waals surface area contributed by atoms with Crippen LogP contribution in [-0.4, -0.2) is 35.7 Å². The van der Waals surface area contributed by atoms with E-state index in [1.807, 2.05) is 0 Å². The Hall–Kier alpha value is -4.33. The second-order valence-electron chi connectivity index (χ2n) is 7.37. The maximum Gasteiger partial charge on any atom is 0.301 e. The van der Waals surface area contributed by atoms with Crippen molar-refractivity contribution in [2.45, 2.75) is 13.0 Å². The van der Waals surface area contributed by atoms with E-state index in [0.29, 0.717) is 28.4 Å². The van der Waals surface area contributed by atoms with Gasteiger partial charge in [-0.25, -0.2) is 0 Å². The average Bonchev–Trinajstić information content (AvgIpc) is 3.37. The predicted molar refractivity (Wildman–Crippen MR) is 121 cm³/mol. The van der Waals surface area contributed by atoms with Crippen molar-refractivity contribution in [2.24, 2.45) is 0 Å². The monoisotopic (exact) mass is 446 g/mol. The Morgan fingerprint density at radius 1 is 1.18 bits per heavy atom. The number of methoxy groups -OCH3 is 1. The van der Waals surface area contributed by atoms with Gasteiger partial charge in [-0.05, 0) is 36.8 Å². The number of Topliss-reactive ketones (excluding diaryl/α,β-unsaturated/α-hetero) is 1. The number of nitrogens with zero attached hydrogens (tertiary/aromatic N) is 2. The first-order valence-corrected chi connectivity index (χ1v) is 10.2. The highest BCUT2D eigenvalue weighted by Gasteiger charge is 2.48. The fraction of sp³-hybridized carbons (Fsp3) is 0.160. The van der Waals surface area contributed by atoms with Crippen LogP contribution >= 0.6 is 0 Å². The molecule has 0 unspecified atom stereocenters. The number of rotatable bonds is 7. The van der Waals surface area contributed by atoms with Gasteiger partial charge in [0.1, 0.15) is 29.6 Å². The number of carbonyl (C=O) groups excluding carboxylic acids is 2. The van der Waals surface area contributed by atoms with Crippen molar-refractivity contribution in [1.29, 1.82) is 0 Å². The van der Waals surface area contributed by atoms with E-state index in [1.54, 1.807) is 67.6 Å². The molecule has 4 rings (SSSR count). The second-order valence-corrected chi connectivity index (χ2v) is 7.37. The fourth-order valence-corrected chi connectivity index (χ4v) is 3.71. The van der Waals surface area contributed by atoms with Crippen molar-refractivity contribution in [1.82, 2.24) is 5.16 Å². The molecule has 0 saturated carbocycles. The van der Waals surface area contributed by atoms with Gasteiger partial charge in [0, 0.05) is 11.6 Å². The Morgan fingerprint density at radius 3 is 2.64 bits per heavy atom. The molecule has 1 aliphatic heterocycles. The molecule has 8 nitrogen and oxygen atoms in total. The number of aromatic nitrogens is 1. The highest BCUT2D eigenvalue weighted by molar-refractivity contribution is 6.51. The summed E-state index contributed by atoms with van der Waals surface area (Å²) in [5.41, 5.74) is 0.823. The molecule has 1 aliphatic rings. The quantitative estimate of drug-likeness (QED) is 0.251.